The first-order chi connectivity index (χ1) is 25.9. The number of halogens is 1. The third kappa shape index (κ3) is 8.21. The smallest absolute Gasteiger partial charge is 0.170 e. The van der Waals surface area contributed by atoms with Crippen molar-refractivity contribution in [2.24, 2.45) is 21.8 Å². The van der Waals surface area contributed by atoms with Gasteiger partial charge in [0.05, 0.1) is 14.2 Å². The van der Waals surface area contributed by atoms with Crippen LogP contribution in [0.2, 0.25) is 0 Å². The molecule has 8 N–H and O–H groups in total. The van der Waals surface area contributed by atoms with Gasteiger partial charge in [-0.25, -0.2) is 4.39 Å². The maximum Gasteiger partial charge on any atom is 0.170 e. The van der Waals surface area contributed by atoms with E-state index in [1.54, 1.807) is 55.6 Å². The number of hydrogen-bond acceptors (Lipinski definition) is 8. The van der Waals surface area contributed by atoms with Crippen molar-refractivity contribution in [3.05, 3.63) is 143 Å². The lowest BCUT2D eigenvalue weighted by Gasteiger charge is -2.19. The number of hydrogen-bond donors (Lipinski definition) is 6. The molecule has 0 bridgehead atoms. The number of phenols is 2. The number of oxime groups is 2. The standard InChI is InChI=1S/C22H22N2O3.C21H19FN2O3/c1-13-4-9-20(27-3)18(10-13)21-17(15-5-7-16(25)8-6-15)11-14(2)12-19(21)22(23)24-26;1-12-9-17(13-3-6-15(25)7-4-13)20(18(10-12)21(23)24-26)16-8-5-14(22)11-19(16)27-2/h4-12,25-26H,1-3H3,(H2,23,24);3-11,25-26H,1-2H3,(H2,23,24). The molecule has 0 saturated carbocycles. The second-order valence-electron chi connectivity index (χ2n) is 12.6. The van der Waals surface area contributed by atoms with Crippen LogP contribution in [0, 0.1) is 26.6 Å². The van der Waals surface area contributed by atoms with Gasteiger partial charge in [0.2, 0.25) is 0 Å². The number of benzene rings is 6. The van der Waals surface area contributed by atoms with E-state index in [4.69, 9.17) is 20.9 Å². The summed E-state index contributed by atoms with van der Waals surface area (Å²) in [6.07, 6.45) is 0. The second kappa shape index (κ2) is 16.6. The van der Waals surface area contributed by atoms with Crippen molar-refractivity contribution in [2.45, 2.75) is 20.8 Å². The van der Waals surface area contributed by atoms with Crippen LogP contribution in [-0.2, 0) is 0 Å². The molecule has 0 aliphatic rings. The zero-order valence-corrected chi connectivity index (χ0v) is 30.4. The topological polar surface area (TPSA) is 176 Å². The third-order valence-corrected chi connectivity index (χ3v) is 8.75. The van der Waals surface area contributed by atoms with Crippen molar-refractivity contribution in [1.29, 1.82) is 0 Å². The van der Waals surface area contributed by atoms with Crippen LogP contribution in [0.4, 0.5) is 4.39 Å². The summed E-state index contributed by atoms with van der Waals surface area (Å²) in [4.78, 5) is 0. The van der Waals surface area contributed by atoms with Gasteiger partial charge >= 0.3 is 0 Å². The highest BCUT2D eigenvalue weighted by molar-refractivity contribution is 6.08. The Morgan fingerprint density at radius 2 is 0.963 bits per heavy atom. The Bertz CT molecular complexity index is 2360. The first-order valence-corrected chi connectivity index (χ1v) is 16.7. The lowest BCUT2D eigenvalue weighted by molar-refractivity contribution is 0.318. The summed E-state index contributed by atoms with van der Waals surface area (Å²) in [6.45, 7) is 5.85. The second-order valence-corrected chi connectivity index (χ2v) is 12.6. The molecule has 276 valence electrons. The van der Waals surface area contributed by atoms with Gasteiger partial charge < -0.3 is 41.6 Å². The van der Waals surface area contributed by atoms with Gasteiger partial charge in [-0.1, -0.05) is 58.3 Å². The Labute approximate surface area is 312 Å². The molecular formula is C43H41FN4O6. The Morgan fingerprint density at radius 3 is 1.41 bits per heavy atom. The number of amidine groups is 2. The minimum absolute atomic E-state index is 0.0253. The van der Waals surface area contributed by atoms with E-state index in [0.717, 1.165) is 50.1 Å². The zero-order valence-electron chi connectivity index (χ0n) is 30.4. The molecule has 10 nitrogen and oxygen atoms in total. The number of methoxy groups -OCH3 is 2. The molecular weight excluding hydrogens is 687 g/mol. The fraction of sp³-hybridized carbons (Fsp3) is 0.116. The van der Waals surface area contributed by atoms with E-state index in [1.807, 2.05) is 69.3 Å². The minimum Gasteiger partial charge on any atom is -0.508 e. The summed E-state index contributed by atoms with van der Waals surface area (Å²) < 4.78 is 24.7. The molecule has 0 spiro atoms. The largest absolute Gasteiger partial charge is 0.508 e. The molecule has 11 heteroatoms. The molecule has 0 saturated heterocycles. The predicted octanol–water partition coefficient (Wildman–Crippen LogP) is 8.72. The summed E-state index contributed by atoms with van der Waals surface area (Å²) in [5.41, 5.74) is 22.3. The lowest BCUT2D eigenvalue weighted by atomic mass is 9.87. The van der Waals surface area contributed by atoms with E-state index >= 15 is 0 Å². The fourth-order valence-electron chi connectivity index (χ4n) is 6.29. The Morgan fingerprint density at radius 1 is 0.519 bits per heavy atom. The Kier molecular flexibility index (Phi) is 11.7. The van der Waals surface area contributed by atoms with Crippen molar-refractivity contribution >= 4 is 11.7 Å². The molecule has 0 atom stereocenters. The van der Waals surface area contributed by atoms with Gasteiger partial charge in [-0.2, -0.15) is 0 Å². The van der Waals surface area contributed by atoms with Gasteiger partial charge in [-0.15, -0.1) is 0 Å². The van der Waals surface area contributed by atoms with Crippen LogP contribution in [-0.4, -0.2) is 46.5 Å². The SMILES string of the molecule is COc1cc(F)ccc1-c1c(C(N)=NO)cc(C)cc1-c1ccc(O)cc1.COc1ccc(C)cc1-c1c(C(N)=NO)cc(C)cc1-c1ccc(O)cc1. The molecule has 0 aliphatic carbocycles. The molecule has 54 heavy (non-hydrogen) atoms. The summed E-state index contributed by atoms with van der Waals surface area (Å²) in [5.74, 6) is 0.876. The maximum atomic E-state index is 13.7. The van der Waals surface area contributed by atoms with Crippen LogP contribution in [0.5, 0.6) is 23.0 Å². The summed E-state index contributed by atoms with van der Waals surface area (Å²) >= 11 is 0. The molecule has 0 radical (unpaired) electrons. The van der Waals surface area contributed by atoms with Crippen molar-refractivity contribution in [3.63, 3.8) is 0 Å². The number of ether oxygens (including phenoxy) is 2. The quantitative estimate of drug-likeness (QED) is 0.0390. The van der Waals surface area contributed by atoms with Gasteiger partial charge in [0.25, 0.3) is 0 Å². The number of rotatable bonds is 8. The van der Waals surface area contributed by atoms with E-state index in [0.29, 0.717) is 33.8 Å². The van der Waals surface area contributed by atoms with Gasteiger partial charge in [0.1, 0.15) is 28.8 Å². The highest BCUT2D eigenvalue weighted by Crippen LogP contribution is 2.43. The van der Waals surface area contributed by atoms with Crippen LogP contribution in [0.25, 0.3) is 44.5 Å². The number of phenolic OH excluding ortho intramolecular Hbond substituents is 2. The molecule has 0 aliphatic heterocycles. The van der Waals surface area contributed by atoms with Crippen LogP contribution < -0.4 is 20.9 Å². The number of aromatic hydroxyl groups is 2. The number of aryl methyl sites for hydroxylation is 3. The monoisotopic (exact) mass is 728 g/mol. The fourth-order valence-corrected chi connectivity index (χ4v) is 6.29. The molecule has 6 aromatic rings. The van der Waals surface area contributed by atoms with Gasteiger partial charge in [-0.05, 0) is 115 Å². The Hall–Kier alpha value is -7.01. The summed E-state index contributed by atoms with van der Waals surface area (Å²) in [6, 6.07) is 31.4. The van der Waals surface area contributed by atoms with E-state index in [9.17, 15) is 25.0 Å². The van der Waals surface area contributed by atoms with Crippen molar-refractivity contribution in [3.8, 4) is 67.5 Å². The Balaban J connectivity index is 0.000000208. The number of nitrogens with two attached hydrogens (primary N) is 2. The molecule has 0 heterocycles. The van der Waals surface area contributed by atoms with Crippen LogP contribution in [0.15, 0.2) is 120 Å². The van der Waals surface area contributed by atoms with E-state index in [-0.39, 0.29) is 23.2 Å². The average Bonchev–Trinajstić information content (AvgIpc) is 3.17. The van der Waals surface area contributed by atoms with Crippen LogP contribution in [0.3, 0.4) is 0 Å². The van der Waals surface area contributed by atoms with Crippen LogP contribution in [0.1, 0.15) is 27.8 Å². The highest BCUT2D eigenvalue weighted by Gasteiger charge is 2.21. The summed E-state index contributed by atoms with van der Waals surface area (Å²) in [5, 5.41) is 44.2. The first-order valence-electron chi connectivity index (χ1n) is 16.7. The molecule has 0 aromatic heterocycles. The average molecular weight is 729 g/mol. The molecule has 0 unspecified atom stereocenters. The third-order valence-electron chi connectivity index (χ3n) is 8.75. The maximum absolute atomic E-state index is 13.7. The van der Waals surface area contributed by atoms with E-state index in [1.165, 1.54) is 19.2 Å². The van der Waals surface area contributed by atoms with Gasteiger partial charge in [0.15, 0.2) is 11.7 Å². The first kappa shape index (κ1) is 38.2. The van der Waals surface area contributed by atoms with Gasteiger partial charge in [-0.3, -0.25) is 0 Å². The van der Waals surface area contributed by atoms with Crippen LogP contribution >= 0.6 is 0 Å². The highest BCUT2D eigenvalue weighted by atomic mass is 19.1. The minimum atomic E-state index is -0.431. The normalized spacial score (nSPS) is 11.4. The van der Waals surface area contributed by atoms with Crippen molar-refractivity contribution in [1.82, 2.24) is 0 Å². The van der Waals surface area contributed by atoms with E-state index < -0.39 is 5.82 Å². The van der Waals surface area contributed by atoms with Crippen molar-refractivity contribution in [2.75, 3.05) is 14.2 Å². The zero-order chi connectivity index (χ0) is 39.1. The lowest BCUT2D eigenvalue weighted by Crippen LogP contribution is -2.15. The van der Waals surface area contributed by atoms with Crippen molar-refractivity contribution < 1.29 is 34.5 Å². The summed E-state index contributed by atoms with van der Waals surface area (Å²) in [7, 11) is 3.07. The predicted molar refractivity (Wildman–Crippen MR) is 210 cm³/mol. The number of nitrogens with zero attached hydrogens (tertiary/aromatic N) is 2. The molecule has 0 fully saturated rings. The van der Waals surface area contributed by atoms with Gasteiger partial charge in [0, 0.05) is 39.4 Å². The molecule has 6 rings (SSSR count). The van der Waals surface area contributed by atoms with E-state index in [2.05, 4.69) is 10.3 Å². The molecule has 6 aromatic carbocycles. The molecule has 0 amide bonds.